The lowest BCUT2D eigenvalue weighted by molar-refractivity contribution is -0.149. The van der Waals surface area contributed by atoms with E-state index in [1.807, 2.05) is 32.0 Å². The third-order valence-electron chi connectivity index (χ3n) is 4.93. The highest BCUT2D eigenvalue weighted by atomic mass is 16.5. The van der Waals surface area contributed by atoms with Crippen LogP contribution in [0, 0.1) is 5.92 Å². The van der Waals surface area contributed by atoms with Crippen molar-refractivity contribution in [3.8, 4) is 0 Å². The number of H-pyrrole nitrogens is 1. The van der Waals surface area contributed by atoms with E-state index in [1.165, 1.54) is 5.56 Å². The fourth-order valence-electron chi connectivity index (χ4n) is 3.78. The second-order valence-corrected chi connectivity index (χ2v) is 6.17. The van der Waals surface area contributed by atoms with E-state index >= 15 is 0 Å². The minimum Gasteiger partial charge on any atom is -0.466 e. The quantitative estimate of drug-likeness (QED) is 0.258. The first kappa shape index (κ1) is 16.4. The molecule has 2 unspecified atom stereocenters. The molecule has 0 spiro atoms. The van der Waals surface area contributed by atoms with Gasteiger partial charge in [0.1, 0.15) is 0 Å². The van der Waals surface area contributed by atoms with Gasteiger partial charge in [0.15, 0.2) is 5.84 Å². The Bertz CT molecular complexity index is 794. The zero-order chi connectivity index (χ0) is 17.3. The summed E-state index contributed by atoms with van der Waals surface area (Å²) in [5.41, 5.74) is 9.75. The van der Waals surface area contributed by atoms with Crippen LogP contribution in [0.2, 0.25) is 0 Å². The summed E-state index contributed by atoms with van der Waals surface area (Å²) in [5, 5.41) is 13.0. The van der Waals surface area contributed by atoms with Crippen LogP contribution in [0.5, 0.6) is 0 Å². The number of aryl methyl sites for hydroxylation is 1. The molecule has 1 aliphatic rings. The molecule has 0 amide bonds. The van der Waals surface area contributed by atoms with Crippen molar-refractivity contribution in [3.63, 3.8) is 0 Å². The van der Waals surface area contributed by atoms with Crippen molar-refractivity contribution in [1.82, 2.24) is 4.98 Å². The number of ether oxygens (including phenoxy) is 1. The largest absolute Gasteiger partial charge is 0.466 e. The third-order valence-corrected chi connectivity index (χ3v) is 4.93. The molecule has 6 nitrogen and oxygen atoms in total. The molecule has 0 radical (unpaired) electrons. The lowest BCUT2D eigenvalue weighted by Crippen LogP contribution is -2.23. The standard InChI is InChI=1S/C18H23N3O3/c1-3-11(18(22)24-4-2)12-6-7-13-14-9-10(17(19)21-23)5-8-15(14)20-16(12)13/h5,8-9,11-12,20,23H,3-4,6-7H2,1-2H3,(H2,19,21). The molecule has 24 heavy (non-hydrogen) atoms. The predicted molar refractivity (Wildman–Crippen MR) is 92.3 cm³/mol. The number of aromatic nitrogens is 1. The Balaban J connectivity index is 2.01. The van der Waals surface area contributed by atoms with E-state index in [2.05, 4.69) is 10.1 Å². The molecule has 0 fully saturated rings. The third kappa shape index (κ3) is 2.62. The monoisotopic (exact) mass is 329 g/mol. The molecule has 6 heteroatoms. The highest BCUT2D eigenvalue weighted by molar-refractivity contribution is 6.01. The van der Waals surface area contributed by atoms with Crippen LogP contribution in [0.3, 0.4) is 0 Å². The number of oxime groups is 1. The first-order chi connectivity index (χ1) is 11.6. The second kappa shape index (κ2) is 6.55. The summed E-state index contributed by atoms with van der Waals surface area (Å²) in [4.78, 5) is 15.7. The van der Waals surface area contributed by atoms with E-state index in [9.17, 15) is 4.79 Å². The molecule has 0 bridgehead atoms. The molecule has 4 N–H and O–H groups in total. The van der Waals surface area contributed by atoms with Gasteiger partial charge in [-0.25, -0.2) is 0 Å². The molecule has 0 saturated carbocycles. The number of nitrogens with zero attached hydrogens (tertiary/aromatic N) is 1. The van der Waals surface area contributed by atoms with Gasteiger partial charge in [0.05, 0.1) is 12.5 Å². The number of hydrogen-bond acceptors (Lipinski definition) is 4. The highest BCUT2D eigenvalue weighted by Crippen LogP contribution is 2.43. The Morgan fingerprint density at radius 1 is 1.50 bits per heavy atom. The number of aromatic amines is 1. The predicted octanol–water partition coefficient (Wildman–Crippen LogP) is 2.88. The van der Waals surface area contributed by atoms with E-state index in [-0.39, 0.29) is 23.6 Å². The fraction of sp³-hybridized carbons (Fsp3) is 0.444. The number of fused-ring (bicyclic) bond motifs is 3. The minimum atomic E-state index is -0.122. The highest BCUT2D eigenvalue weighted by Gasteiger charge is 2.36. The fourth-order valence-corrected chi connectivity index (χ4v) is 3.78. The molecule has 1 aliphatic carbocycles. The molecular formula is C18H23N3O3. The van der Waals surface area contributed by atoms with Crippen molar-refractivity contribution in [3.05, 3.63) is 35.0 Å². The van der Waals surface area contributed by atoms with Crippen LogP contribution in [0.1, 0.15) is 49.4 Å². The summed E-state index contributed by atoms with van der Waals surface area (Å²) in [7, 11) is 0. The van der Waals surface area contributed by atoms with Gasteiger partial charge in [-0.05, 0) is 49.9 Å². The van der Waals surface area contributed by atoms with Crippen molar-refractivity contribution in [2.24, 2.45) is 16.8 Å². The van der Waals surface area contributed by atoms with Gasteiger partial charge in [0, 0.05) is 28.1 Å². The van der Waals surface area contributed by atoms with Crippen LogP contribution in [0.4, 0.5) is 0 Å². The van der Waals surface area contributed by atoms with E-state index in [4.69, 9.17) is 15.7 Å². The normalized spacial score (nSPS) is 18.6. The summed E-state index contributed by atoms with van der Waals surface area (Å²) in [6, 6.07) is 5.69. The number of nitrogens with one attached hydrogen (secondary N) is 1. The number of benzene rings is 1. The van der Waals surface area contributed by atoms with Crippen molar-refractivity contribution in [1.29, 1.82) is 0 Å². The van der Waals surface area contributed by atoms with Crippen LogP contribution in [0.15, 0.2) is 23.4 Å². The molecule has 2 atom stereocenters. The molecule has 0 aliphatic heterocycles. The van der Waals surface area contributed by atoms with E-state index in [0.29, 0.717) is 12.2 Å². The van der Waals surface area contributed by atoms with Crippen molar-refractivity contribution < 1.29 is 14.7 Å². The maximum atomic E-state index is 12.3. The summed E-state index contributed by atoms with van der Waals surface area (Å²) >= 11 is 0. The number of amidine groups is 1. The zero-order valence-electron chi connectivity index (χ0n) is 14.0. The first-order valence-electron chi connectivity index (χ1n) is 8.39. The Kier molecular flexibility index (Phi) is 4.46. The van der Waals surface area contributed by atoms with Gasteiger partial charge in [-0.3, -0.25) is 4.79 Å². The Morgan fingerprint density at radius 2 is 2.29 bits per heavy atom. The Labute approximate surface area is 140 Å². The molecule has 3 rings (SSSR count). The van der Waals surface area contributed by atoms with Gasteiger partial charge in [-0.1, -0.05) is 12.1 Å². The van der Waals surface area contributed by atoms with Crippen molar-refractivity contribution in [2.75, 3.05) is 6.61 Å². The molecule has 1 heterocycles. The van der Waals surface area contributed by atoms with Crippen LogP contribution in [-0.2, 0) is 16.0 Å². The van der Waals surface area contributed by atoms with Crippen molar-refractivity contribution in [2.45, 2.75) is 39.0 Å². The maximum absolute atomic E-state index is 12.3. The lowest BCUT2D eigenvalue weighted by Gasteiger charge is -2.20. The molecule has 1 aromatic carbocycles. The Hall–Kier alpha value is -2.50. The second-order valence-electron chi connectivity index (χ2n) is 6.17. The van der Waals surface area contributed by atoms with E-state index in [1.54, 1.807) is 0 Å². The molecular weight excluding hydrogens is 306 g/mol. The van der Waals surface area contributed by atoms with Crippen LogP contribution >= 0.6 is 0 Å². The zero-order valence-corrected chi connectivity index (χ0v) is 14.0. The van der Waals surface area contributed by atoms with Gasteiger partial charge in [-0.2, -0.15) is 0 Å². The summed E-state index contributed by atoms with van der Waals surface area (Å²) < 4.78 is 5.25. The van der Waals surface area contributed by atoms with E-state index in [0.717, 1.165) is 35.9 Å². The van der Waals surface area contributed by atoms with Gasteiger partial charge in [0.2, 0.25) is 0 Å². The minimum absolute atomic E-state index is 0.0966. The number of carbonyl (C=O) groups excluding carboxylic acids is 1. The number of nitrogens with two attached hydrogens (primary N) is 1. The molecule has 2 aromatic rings. The first-order valence-corrected chi connectivity index (χ1v) is 8.39. The Morgan fingerprint density at radius 3 is 2.96 bits per heavy atom. The van der Waals surface area contributed by atoms with Crippen molar-refractivity contribution >= 4 is 22.7 Å². The maximum Gasteiger partial charge on any atom is 0.309 e. The smallest absolute Gasteiger partial charge is 0.309 e. The topological polar surface area (TPSA) is 101 Å². The van der Waals surface area contributed by atoms with E-state index < -0.39 is 0 Å². The van der Waals surface area contributed by atoms with Gasteiger partial charge in [-0.15, -0.1) is 0 Å². The number of carbonyl (C=O) groups is 1. The van der Waals surface area contributed by atoms with Gasteiger partial charge in [0.25, 0.3) is 0 Å². The van der Waals surface area contributed by atoms with Crippen LogP contribution in [0.25, 0.3) is 10.9 Å². The van der Waals surface area contributed by atoms with Crippen LogP contribution in [-0.4, -0.2) is 28.6 Å². The SMILES string of the molecule is CCOC(=O)C(CC)C1CCc2c1[nH]c1ccc(C(N)=NO)cc21. The number of rotatable bonds is 5. The molecule has 1 aromatic heterocycles. The summed E-state index contributed by atoms with van der Waals surface area (Å²) in [6.45, 7) is 4.27. The lowest BCUT2D eigenvalue weighted by atomic mass is 9.88. The molecule has 0 saturated heterocycles. The molecule has 128 valence electrons. The van der Waals surface area contributed by atoms with Crippen LogP contribution < -0.4 is 5.73 Å². The average molecular weight is 329 g/mol. The summed E-state index contributed by atoms with van der Waals surface area (Å²) in [5.74, 6) is 0.0137. The summed E-state index contributed by atoms with van der Waals surface area (Å²) in [6.07, 6.45) is 2.60. The average Bonchev–Trinajstić information content (AvgIpc) is 3.14. The van der Waals surface area contributed by atoms with Gasteiger partial charge >= 0.3 is 5.97 Å². The number of hydrogen-bond donors (Lipinski definition) is 3. The number of esters is 1. The van der Waals surface area contributed by atoms with Gasteiger partial charge < -0.3 is 20.7 Å².